The first kappa shape index (κ1) is 20.4. The second-order valence-corrected chi connectivity index (χ2v) is 8.60. The molecule has 0 aliphatic carbocycles. The van der Waals surface area contributed by atoms with Crippen molar-refractivity contribution in [1.82, 2.24) is 5.32 Å². The van der Waals surface area contributed by atoms with E-state index in [4.69, 9.17) is 9.88 Å². The van der Waals surface area contributed by atoms with Gasteiger partial charge in [0.2, 0.25) is 15.9 Å². The number of nitrogens with one attached hydrogen (secondary N) is 1. The molecule has 0 atom stereocenters. The number of benzene rings is 2. The fraction of sp³-hybridized carbons (Fsp3) is 0.350. The fourth-order valence-electron chi connectivity index (χ4n) is 3.45. The Morgan fingerprint density at radius 3 is 2.25 bits per heavy atom. The van der Waals surface area contributed by atoms with Gasteiger partial charge in [-0.2, -0.15) is 0 Å². The number of sulfonamides is 1. The van der Waals surface area contributed by atoms with Crippen LogP contribution in [0.4, 0.5) is 4.39 Å². The Balaban J connectivity index is 1.66. The van der Waals surface area contributed by atoms with Gasteiger partial charge < -0.3 is 10.1 Å². The quantitative estimate of drug-likeness (QED) is 0.765. The maximum Gasteiger partial charge on any atom is 0.238 e. The summed E-state index contributed by atoms with van der Waals surface area (Å²) in [5.41, 5.74) is 1.38. The molecule has 6 nitrogen and oxygen atoms in total. The summed E-state index contributed by atoms with van der Waals surface area (Å²) in [6, 6.07) is 12.3. The van der Waals surface area contributed by atoms with Crippen LogP contribution in [0.15, 0.2) is 53.4 Å². The lowest BCUT2D eigenvalue weighted by atomic mass is 9.74. The molecule has 3 rings (SSSR count). The Morgan fingerprint density at radius 2 is 1.68 bits per heavy atom. The summed E-state index contributed by atoms with van der Waals surface area (Å²) in [5, 5.41) is 8.05. The lowest BCUT2D eigenvalue weighted by Crippen LogP contribution is -2.45. The molecule has 2 aromatic rings. The van der Waals surface area contributed by atoms with Crippen LogP contribution >= 0.6 is 0 Å². The van der Waals surface area contributed by atoms with Crippen molar-refractivity contribution in [3.63, 3.8) is 0 Å². The molecule has 1 saturated heterocycles. The van der Waals surface area contributed by atoms with Gasteiger partial charge in [0.1, 0.15) is 5.82 Å². The van der Waals surface area contributed by atoms with Gasteiger partial charge in [0.25, 0.3) is 0 Å². The van der Waals surface area contributed by atoms with E-state index in [1.807, 2.05) is 0 Å². The van der Waals surface area contributed by atoms with Gasteiger partial charge in [-0.25, -0.2) is 17.9 Å². The molecule has 3 N–H and O–H groups in total. The van der Waals surface area contributed by atoms with E-state index in [0.29, 0.717) is 25.3 Å². The highest BCUT2D eigenvalue weighted by molar-refractivity contribution is 7.89. The van der Waals surface area contributed by atoms with Crippen molar-refractivity contribution in [2.75, 3.05) is 19.8 Å². The molecule has 0 unspecified atom stereocenters. The van der Waals surface area contributed by atoms with Crippen molar-refractivity contribution >= 4 is 15.9 Å². The van der Waals surface area contributed by atoms with Crippen molar-refractivity contribution < 1.29 is 22.3 Å². The predicted octanol–water partition coefficient (Wildman–Crippen LogP) is 1.88. The smallest absolute Gasteiger partial charge is 0.238 e. The van der Waals surface area contributed by atoms with Crippen molar-refractivity contribution in [1.29, 1.82) is 0 Å². The summed E-state index contributed by atoms with van der Waals surface area (Å²) < 4.78 is 41.4. The topological polar surface area (TPSA) is 98.5 Å². The maximum atomic E-state index is 13.3. The van der Waals surface area contributed by atoms with Crippen LogP contribution < -0.4 is 10.5 Å². The molecule has 0 spiro atoms. The van der Waals surface area contributed by atoms with Crippen LogP contribution in [-0.2, 0) is 31.4 Å². The van der Waals surface area contributed by atoms with Gasteiger partial charge in [0, 0.05) is 25.2 Å². The van der Waals surface area contributed by atoms with Gasteiger partial charge in [-0.05, 0) is 48.2 Å². The summed E-state index contributed by atoms with van der Waals surface area (Å²) in [7, 11) is -3.75. The first-order chi connectivity index (χ1) is 13.3. The van der Waals surface area contributed by atoms with Crippen molar-refractivity contribution in [2.45, 2.75) is 29.6 Å². The van der Waals surface area contributed by atoms with Gasteiger partial charge in [-0.3, -0.25) is 4.79 Å². The zero-order valence-corrected chi connectivity index (χ0v) is 16.2. The summed E-state index contributed by atoms with van der Waals surface area (Å²) in [5.74, 6) is -0.464. The number of primary sulfonamides is 1. The van der Waals surface area contributed by atoms with Crippen LogP contribution in [0.3, 0.4) is 0 Å². The molecule has 1 fully saturated rings. The average molecular weight is 406 g/mol. The van der Waals surface area contributed by atoms with E-state index < -0.39 is 10.0 Å². The normalized spacial score (nSPS) is 16.5. The number of hydrogen-bond acceptors (Lipinski definition) is 4. The maximum absolute atomic E-state index is 13.3. The second-order valence-electron chi connectivity index (χ2n) is 7.04. The molecule has 0 bridgehead atoms. The monoisotopic (exact) mass is 406 g/mol. The summed E-state index contributed by atoms with van der Waals surface area (Å²) in [4.78, 5) is 12.4. The minimum atomic E-state index is -3.75. The van der Waals surface area contributed by atoms with E-state index in [2.05, 4.69) is 5.32 Å². The second kappa shape index (κ2) is 8.38. The lowest BCUT2D eigenvalue weighted by Gasteiger charge is -2.38. The minimum absolute atomic E-state index is 0.00845. The van der Waals surface area contributed by atoms with Crippen molar-refractivity contribution in [3.8, 4) is 0 Å². The number of nitrogens with two attached hydrogens (primary N) is 1. The summed E-state index contributed by atoms with van der Waals surface area (Å²) in [6.45, 7) is 1.60. The van der Waals surface area contributed by atoms with E-state index in [-0.39, 0.29) is 28.5 Å². The molecule has 28 heavy (non-hydrogen) atoms. The van der Waals surface area contributed by atoms with E-state index in [1.54, 1.807) is 24.3 Å². The molecule has 8 heteroatoms. The summed E-state index contributed by atoms with van der Waals surface area (Å²) >= 11 is 0. The Bertz CT molecular complexity index is 922. The molecule has 1 aliphatic heterocycles. The predicted molar refractivity (Wildman–Crippen MR) is 103 cm³/mol. The Morgan fingerprint density at radius 1 is 1.07 bits per heavy atom. The third-order valence-electron chi connectivity index (χ3n) is 5.15. The van der Waals surface area contributed by atoms with Crippen LogP contribution in [0.1, 0.15) is 24.0 Å². The van der Waals surface area contributed by atoms with E-state index in [0.717, 1.165) is 18.4 Å². The van der Waals surface area contributed by atoms with Gasteiger partial charge in [0.15, 0.2) is 0 Å². The standard InChI is InChI=1S/C20H23FN2O4S/c21-17-5-3-16(4-6-17)20(9-11-27-12-10-20)14-23-19(24)13-15-1-7-18(8-2-15)28(22,25)26/h1-8H,9-14H2,(H,23,24)(H2,22,25,26). The van der Waals surface area contributed by atoms with Crippen molar-refractivity contribution in [2.24, 2.45) is 5.14 Å². The Hall–Kier alpha value is -2.29. The van der Waals surface area contributed by atoms with Crippen LogP contribution in [0.5, 0.6) is 0 Å². The number of carbonyl (C=O) groups excluding carboxylic acids is 1. The Kier molecular flexibility index (Phi) is 6.12. The molecular weight excluding hydrogens is 383 g/mol. The molecule has 0 radical (unpaired) electrons. The highest BCUT2D eigenvalue weighted by atomic mass is 32.2. The van der Waals surface area contributed by atoms with Crippen LogP contribution in [0.25, 0.3) is 0 Å². The molecular formula is C20H23FN2O4S. The zero-order valence-electron chi connectivity index (χ0n) is 15.4. The first-order valence-electron chi connectivity index (χ1n) is 9.01. The van der Waals surface area contributed by atoms with Gasteiger partial charge in [-0.1, -0.05) is 24.3 Å². The summed E-state index contributed by atoms with van der Waals surface area (Å²) in [6.07, 6.45) is 1.60. The first-order valence-corrected chi connectivity index (χ1v) is 10.6. The third-order valence-corrected chi connectivity index (χ3v) is 6.08. The van der Waals surface area contributed by atoms with Gasteiger partial charge in [0.05, 0.1) is 11.3 Å². The van der Waals surface area contributed by atoms with Gasteiger partial charge >= 0.3 is 0 Å². The molecule has 2 aromatic carbocycles. The van der Waals surface area contributed by atoms with Crippen molar-refractivity contribution in [3.05, 3.63) is 65.5 Å². The Labute approximate surface area is 163 Å². The SMILES string of the molecule is NS(=O)(=O)c1ccc(CC(=O)NCC2(c3ccc(F)cc3)CCOCC2)cc1. The van der Waals surface area contributed by atoms with Crippen LogP contribution in [0.2, 0.25) is 0 Å². The lowest BCUT2D eigenvalue weighted by molar-refractivity contribution is -0.120. The number of ether oxygens (including phenoxy) is 1. The number of hydrogen-bond donors (Lipinski definition) is 2. The molecule has 1 aliphatic rings. The minimum Gasteiger partial charge on any atom is -0.381 e. The molecule has 1 amide bonds. The molecule has 1 heterocycles. The van der Waals surface area contributed by atoms with Crippen LogP contribution in [0, 0.1) is 5.82 Å². The highest BCUT2D eigenvalue weighted by Crippen LogP contribution is 2.34. The van der Waals surface area contributed by atoms with E-state index in [1.165, 1.54) is 24.3 Å². The fourth-order valence-corrected chi connectivity index (χ4v) is 3.96. The third kappa shape index (κ3) is 4.95. The van der Waals surface area contributed by atoms with E-state index in [9.17, 15) is 17.6 Å². The van der Waals surface area contributed by atoms with Gasteiger partial charge in [-0.15, -0.1) is 0 Å². The highest BCUT2D eigenvalue weighted by Gasteiger charge is 2.34. The number of rotatable bonds is 6. The number of halogens is 1. The molecule has 0 aromatic heterocycles. The van der Waals surface area contributed by atoms with E-state index >= 15 is 0 Å². The number of carbonyl (C=O) groups is 1. The molecule has 0 saturated carbocycles. The molecule has 150 valence electrons. The van der Waals surface area contributed by atoms with Crippen LogP contribution in [-0.4, -0.2) is 34.1 Å². The average Bonchev–Trinajstić information content (AvgIpc) is 2.67. The zero-order chi connectivity index (χ0) is 20.2. The largest absolute Gasteiger partial charge is 0.381 e. The number of amides is 1.